The van der Waals surface area contributed by atoms with Gasteiger partial charge < -0.3 is 15.2 Å². The minimum absolute atomic E-state index is 0.156. The molecule has 1 aromatic carbocycles. The highest BCUT2D eigenvalue weighted by atomic mass is 35.5. The Morgan fingerprint density at radius 3 is 2.89 bits per heavy atom. The van der Waals surface area contributed by atoms with Gasteiger partial charge in [-0.2, -0.15) is 4.37 Å². The fourth-order valence-electron chi connectivity index (χ4n) is 1.56. The number of methoxy groups -OCH3 is 1. The Labute approximate surface area is 119 Å². The fraction of sp³-hybridized carbons (Fsp3) is 0.167. The zero-order valence-electron chi connectivity index (χ0n) is 10.2. The van der Waals surface area contributed by atoms with Crippen molar-refractivity contribution in [1.82, 2.24) is 4.37 Å². The molecule has 0 amide bonds. The molecule has 0 aliphatic heterocycles. The third-order valence-corrected chi connectivity index (χ3v) is 3.68. The molecule has 0 saturated heterocycles. The molecule has 0 fully saturated rings. The second-order valence-corrected chi connectivity index (χ2v) is 4.93. The molecule has 0 aliphatic carbocycles. The zero-order chi connectivity index (χ0) is 14.0. The molecule has 100 valence electrons. The van der Waals surface area contributed by atoms with Gasteiger partial charge in [0.25, 0.3) is 0 Å². The second-order valence-electron chi connectivity index (χ2n) is 3.75. The number of benzene rings is 1. The van der Waals surface area contributed by atoms with Gasteiger partial charge in [-0.25, -0.2) is 4.79 Å². The van der Waals surface area contributed by atoms with Gasteiger partial charge in [-0.3, -0.25) is 0 Å². The van der Waals surface area contributed by atoms with E-state index in [2.05, 4.69) is 9.69 Å². The van der Waals surface area contributed by atoms with Gasteiger partial charge in [-0.05, 0) is 30.6 Å². The van der Waals surface area contributed by atoms with Gasteiger partial charge in [0.1, 0.15) is 16.3 Å². The number of nitrogens with zero attached hydrogens (tertiary/aromatic N) is 1. The average Bonchev–Trinajstić information content (AvgIpc) is 2.73. The fourth-order valence-corrected chi connectivity index (χ4v) is 2.52. The predicted octanol–water partition coefficient (Wildman–Crippen LogP) is 3.56. The van der Waals surface area contributed by atoms with Gasteiger partial charge in [0.15, 0.2) is 0 Å². The summed E-state index contributed by atoms with van der Waals surface area (Å²) in [5.41, 5.74) is 1.20. The van der Waals surface area contributed by atoms with Crippen LogP contribution in [0.2, 0.25) is 5.02 Å². The van der Waals surface area contributed by atoms with Crippen LogP contribution in [0, 0.1) is 6.92 Å². The molecule has 0 radical (unpaired) electrons. The number of carbonyl (C=O) groups is 1. The largest absolute Gasteiger partial charge is 0.497 e. The molecule has 2 aromatic rings. The van der Waals surface area contributed by atoms with Crippen LogP contribution in [-0.2, 0) is 0 Å². The number of hydrogen-bond acceptors (Lipinski definition) is 5. The molecular formula is C12H11ClN2O3S. The van der Waals surface area contributed by atoms with E-state index in [1.165, 1.54) is 0 Å². The van der Waals surface area contributed by atoms with Gasteiger partial charge in [0.2, 0.25) is 0 Å². The number of anilines is 2. The van der Waals surface area contributed by atoms with Gasteiger partial charge in [0, 0.05) is 6.07 Å². The van der Waals surface area contributed by atoms with Crippen molar-refractivity contribution >= 4 is 39.8 Å². The highest BCUT2D eigenvalue weighted by molar-refractivity contribution is 7.10. The van der Waals surface area contributed by atoms with E-state index in [1.807, 2.05) is 0 Å². The molecule has 2 N–H and O–H groups in total. The summed E-state index contributed by atoms with van der Waals surface area (Å²) >= 11 is 7.14. The molecule has 7 heteroatoms. The van der Waals surface area contributed by atoms with Crippen LogP contribution >= 0.6 is 23.1 Å². The normalized spacial score (nSPS) is 10.3. The molecule has 1 aromatic heterocycles. The Balaban J connectivity index is 2.39. The number of carboxylic acid groups (broad SMARTS) is 1. The van der Waals surface area contributed by atoms with Crippen molar-refractivity contribution < 1.29 is 14.6 Å². The lowest BCUT2D eigenvalue weighted by atomic mass is 10.2. The van der Waals surface area contributed by atoms with Crippen molar-refractivity contribution in [3.63, 3.8) is 0 Å². The van der Waals surface area contributed by atoms with Crippen LogP contribution in [0.4, 0.5) is 10.7 Å². The number of halogens is 1. The molecule has 0 saturated carbocycles. The van der Waals surface area contributed by atoms with Gasteiger partial charge in [-0.15, -0.1) is 0 Å². The van der Waals surface area contributed by atoms with Crippen molar-refractivity contribution in [1.29, 1.82) is 0 Å². The van der Waals surface area contributed by atoms with E-state index in [1.54, 1.807) is 32.2 Å². The number of aromatic carboxylic acids is 1. The topological polar surface area (TPSA) is 71.5 Å². The van der Waals surface area contributed by atoms with Crippen molar-refractivity contribution in [2.24, 2.45) is 0 Å². The predicted molar refractivity (Wildman–Crippen MR) is 75.1 cm³/mol. The summed E-state index contributed by atoms with van der Waals surface area (Å²) in [7, 11) is 1.55. The number of hydrogen-bond donors (Lipinski definition) is 2. The van der Waals surface area contributed by atoms with Crippen LogP contribution in [0.25, 0.3) is 0 Å². The summed E-state index contributed by atoms with van der Waals surface area (Å²) in [5.74, 6) is -0.391. The van der Waals surface area contributed by atoms with Crippen LogP contribution in [-0.4, -0.2) is 22.6 Å². The highest BCUT2D eigenvalue weighted by Gasteiger charge is 2.18. The number of aryl methyl sites for hydroxylation is 1. The number of ether oxygens (including phenoxy) is 1. The van der Waals surface area contributed by atoms with Crippen LogP contribution in [0.5, 0.6) is 5.75 Å². The van der Waals surface area contributed by atoms with Gasteiger partial charge in [0.05, 0.1) is 23.5 Å². The standard InChI is InChI=1S/C12H11ClN2O3S/c1-6-10(12(16)17)11(19-15-6)14-9-5-7(18-2)3-4-8(9)13/h3-5,14H,1-2H3,(H,16,17). The molecule has 0 spiro atoms. The van der Waals surface area contributed by atoms with Crippen molar-refractivity contribution in [3.05, 3.63) is 34.5 Å². The molecule has 1 heterocycles. The first-order valence-electron chi connectivity index (χ1n) is 5.33. The summed E-state index contributed by atoms with van der Waals surface area (Å²) < 4.78 is 9.13. The van der Waals surface area contributed by atoms with Gasteiger partial charge >= 0.3 is 5.97 Å². The van der Waals surface area contributed by atoms with E-state index >= 15 is 0 Å². The smallest absolute Gasteiger partial charge is 0.340 e. The minimum Gasteiger partial charge on any atom is -0.497 e. The van der Waals surface area contributed by atoms with E-state index in [0.29, 0.717) is 27.2 Å². The van der Waals surface area contributed by atoms with Gasteiger partial charge in [-0.1, -0.05) is 11.6 Å². The van der Waals surface area contributed by atoms with Crippen molar-refractivity contribution in [2.75, 3.05) is 12.4 Å². The van der Waals surface area contributed by atoms with Crippen molar-refractivity contribution in [3.8, 4) is 5.75 Å². The Morgan fingerprint density at radius 2 is 2.26 bits per heavy atom. The summed E-state index contributed by atoms with van der Waals surface area (Å²) in [5, 5.41) is 13.1. The molecule has 19 heavy (non-hydrogen) atoms. The molecular weight excluding hydrogens is 288 g/mol. The van der Waals surface area contributed by atoms with Crippen LogP contribution in [0.3, 0.4) is 0 Å². The minimum atomic E-state index is -1.02. The van der Waals surface area contributed by atoms with E-state index in [9.17, 15) is 4.79 Å². The summed E-state index contributed by atoms with van der Waals surface area (Å²) in [6.45, 7) is 1.65. The number of nitrogens with one attached hydrogen (secondary N) is 1. The first-order valence-corrected chi connectivity index (χ1v) is 6.48. The van der Waals surface area contributed by atoms with E-state index in [4.69, 9.17) is 21.4 Å². The first kappa shape index (κ1) is 13.6. The maximum atomic E-state index is 11.2. The van der Waals surface area contributed by atoms with Crippen LogP contribution in [0.15, 0.2) is 18.2 Å². The monoisotopic (exact) mass is 298 g/mol. The van der Waals surface area contributed by atoms with Crippen molar-refractivity contribution in [2.45, 2.75) is 6.92 Å². The third-order valence-electron chi connectivity index (χ3n) is 2.50. The Morgan fingerprint density at radius 1 is 1.53 bits per heavy atom. The lowest BCUT2D eigenvalue weighted by molar-refractivity contribution is 0.0697. The average molecular weight is 299 g/mol. The summed E-state index contributed by atoms with van der Waals surface area (Å²) in [6, 6.07) is 5.10. The maximum absolute atomic E-state index is 11.2. The first-order chi connectivity index (χ1) is 9.02. The third kappa shape index (κ3) is 2.80. The summed E-state index contributed by atoms with van der Waals surface area (Å²) in [4.78, 5) is 11.2. The lowest BCUT2D eigenvalue weighted by Gasteiger charge is -2.09. The molecule has 5 nitrogen and oxygen atoms in total. The zero-order valence-corrected chi connectivity index (χ0v) is 11.8. The molecule has 0 atom stereocenters. The van der Waals surface area contributed by atoms with Crippen LogP contribution < -0.4 is 10.1 Å². The number of carboxylic acids is 1. The second kappa shape index (κ2) is 5.46. The molecule has 2 rings (SSSR count). The van der Waals surface area contributed by atoms with E-state index in [-0.39, 0.29) is 5.56 Å². The Kier molecular flexibility index (Phi) is 3.92. The molecule has 0 aliphatic rings. The SMILES string of the molecule is COc1ccc(Cl)c(Nc2snc(C)c2C(=O)O)c1. The highest BCUT2D eigenvalue weighted by Crippen LogP contribution is 2.33. The quantitative estimate of drug-likeness (QED) is 0.903. The molecule has 0 bridgehead atoms. The van der Waals surface area contributed by atoms with E-state index in [0.717, 1.165) is 11.5 Å². The Hall–Kier alpha value is -1.79. The lowest BCUT2D eigenvalue weighted by Crippen LogP contribution is -2.01. The van der Waals surface area contributed by atoms with E-state index < -0.39 is 5.97 Å². The Bertz CT molecular complexity index is 627. The maximum Gasteiger partial charge on any atom is 0.340 e. The van der Waals surface area contributed by atoms with Crippen LogP contribution in [0.1, 0.15) is 16.1 Å². The summed E-state index contributed by atoms with van der Waals surface area (Å²) in [6.07, 6.45) is 0. The molecule has 0 unspecified atom stereocenters. The number of aromatic nitrogens is 1. The number of rotatable bonds is 4.